The molecular weight excluding hydrogens is 321 g/mol. The minimum absolute atomic E-state index is 0.215. The number of fused-ring (bicyclic) bond motifs is 1. The number of para-hydroxylation sites is 1. The van der Waals surface area contributed by atoms with Gasteiger partial charge in [-0.25, -0.2) is 9.18 Å². The number of nitrogen functional groups attached to an aromatic ring is 1. The summed E-state index contributed by atoms with van der Waals surface area (Å²) in [4.78, 5) is 16.5. The Labute approximate surface area is 144 Å². The van der Waals surface area contributed by atoms with Crippen LogP contribution in [0, 0.1) is 5.82 Å². The lowest BCUT2D eigenvalue weighted by atomic mass is 10.1. The summed E-state index contributed by atoms with van der Waals surface area (Å²) in [5.41, 5.74) is 8.36. The van der Waals surface area contributed by atoms with Crippen molar-refractivity contribution in [1.29, 1.82) is 0 Å². The second-order valence-corrected chi connectivity index (χ2v) is 5.46. The fourth-order valence-corrected chi connectivity index (χ4v) is 2.63. The second-order valence-electron chi connectivity index (χ2n) is 5.46. The van der Waals surface area contributed by atoms with Crippen LogP contribution in [0.4, 0.5) is 15.8 Å². The summed E-state index contributed by atoms with van der Waals surface area (Å²) >= 11 is 0. The van der Waals surface area contributed by atoms with Crippen LogP contribution in [0.5, 0.6) is 0 Å². The van der Waals surface area contributed by atoms with Crippen LogP contribution in [0.3, 0.4) is 0 Å². The summed E-state index contributed by atoms with van der Waals surface area (Å²) < 4.78 is 19.0. The van der Waals surface area contributed by atoms with Gasteiger partial charge in [-0.2, -0.15) is 0 Å². The number of aromatic nitrogens is 1. The predicted octanol–water partition coefficient (Wildman–Crippen LogP) is 3.74. The lowest BCUT2D eigenvalue weighted by Gasteiger charge is -2.15. The average Bonchev–Trinajstić information content (AvgIpc) is 2.61. The van der Waals surface area contributed by atoms with Crippen molar-refractivity contribution in [1.82, 2.24) is 4.98 Å². The predicted molar refractivity (Wildman–Crippen MR) is 95.8 cm³/mol. The Bertz CT molecular complexity index is 928. The van der Waals surface area contributed by atoms with Crippen molar-refractivity contribution in [3.8, 4) is 0 Å². The van der Waals surface area contributed by atoms with Crippen LogP contribution < -0.4 is 11.1 Å². The van der Waals surface area contributed by atoms with Crippen LogP contribution in [0.2, 0.25) is 0 Å². The van der Waals surface area contributed by atoms with E-state index in [1.165, 1.54) is 12.3 Å². The number of ether oxygens (including phenoxy) is 1. The molecule has 0 saturated carbocycles. The van der Waals surface area contributed by atoms with Crippen molar-refractivity contribution in [3.05, 3.63) is 65.6 Å². The molecule has 3 N–H and O–H groups in total. The second kappa shape index (κ2) is 7.17. The van der Waals surface area contributed by atoms with Gasteiger partial charge < -0.3 is 15.8 Å². The Hall–Kier alpha value is -3.15. The lowest BCUT2D eigenvalue weighted by molar-refractivity contribution is 0.0527. The third-order valence-electron chi connectivity index (χ3n) is 3.84. The zero-order chi connectivity index (χ0) is 17.8. The molecule has 1 heterocycles. The first-order chi connectivity index (χ1) is 12.1. The molecule has 128 valence electrons. The van der Waals surface area contributed by atoms with Crippen molar-refractivity contribution >= 4 is 28.2 Å². The maximum Gasteiger partial charge on any atom is 0.341 e. The van der Waals surface area contributed by atoms with Crippen LogP contribution in [-0.2, 0) is 11.3 Å². The van der Waals surface area contributed by atoms with Crippen LogP contribution in [0.1, 0.15) is 22.8 Å². The first-order valence-corrected chi connectivity index (χ1v) is 7.93. The first kappa shape index (κ1) is 16.7. The Balaban J connectivity index is 2.06. The molecule has 0 saturated heterocycles. The molecule has 1 aromatic heterocycles. The van der Waals surface area contributed by atoms with Crippen molar-refractivity contribution in [2.45, 2.75) is 13.5 Å². The summed E-state index contributed by atoms with van der Waals surface area (Å²) in [5.74, 6) is -0.805. The van der Waals surface area contributed by atoms with Gasteiger partial charge >= 0.3 is 5.97 Å². The van der Waals surface area contributed by atoms with E-state index in [2.05, 4.69) is 10.3 Å². The van der Waals surface area contributed by atoms with Crippen molar-refractivity contribution in [2.24, 2.45) is 0 Å². The van der Waals surface area contributed by atoms with Gasteiger partial charge in [0.25, 0.3) is 0 Å². The topological polar surface area (TPSA) is 77.2 Å². The van der Waals surface area contributed by atoms with Gasteiger partial charge in [0.1, 0.15) is 11.4 Å². The fourth-order valence-electron chi connectivity index (χ4n) is 2.63. The number of nitrogens with two attached hydrogens (primary N) is 1. The van der Waals surface area contributed by atoms with E-state index in [-0.39, 0.29) is 24.5 Å². The molecule has 0 fully saturated rings. The minimum atomic E-state index is -0.490. The molecule has 0 bridgehead atoms. The Morgan fingerprint density at radius 2 is 2.04 bits per heavy atom. The number of hydrogen-bond donors (Lipinski definition) is 2. The molecule has 6 heteroatoms. The number of pyridine rings is 1. The van der Waals surface area contributed by atoms with E-state index in [9.17, 15) is 9.18 Å². The van der Waals surface area contributed by atoms with E-state index >= 15 is 0 Å². The Kier molecular flexibility index (Phi) is 4.79. The van der Waals surface area contributed by atoms with Crippen LogP contribution in [0.25, 0.3) is 10.9 Å². The van der Waals surface area contributed by atoms with E-state index in [1.807, 2.05) is 6.07 Å². The number of carbonyl (C=O) groups excluding carboxylic acids is 1. The average molecular weight is 339 g/mol. The summed E-state index contributed by atoms with van der Waals surface area (Å²) in [7, 11) is 0. The molecule has 2 aromatic carbocycles. The minimum Gasteiger partial charge on any atom is -0.462 e. The Morgan fingerprint density at radius 3 is 2.80 bits per heavy atom. The standard InChI is InChI=1S/C19H18FN3O2/c1-2-25-19(24)14-11-23-18-13(7-5-9-16(18)21)17(14)22-10-12-6-3-4-8-15(12)20/h3-9,11H,2,10,21H2,1H3,(H,22,23). The van der Waals surface area contributed by atoms with Gasteiger partial charge in [-0.15, -0.1) is 0 Å². The van der Waals surface area contributed by atoms with Gasteiger partial charge in [0.15, 0.2) is 0 Å². The van der Waals surface area contributed by atoms with Crippen molar-refractivity contribution < 1.29 is 13.9 Å². The highest BCUT2D eigenvalue weighted by atomic mass is 19.1. The third-order valence-corrected chi connectivity index (χ3v) is 3.84. The summed E-state index contributed by atoms with van der Waals surface area (Å²) in [5, 5.41) is 3.83. The van der Waals surface area contributed by atoms with E-state index in [4.69, 9.17) is 10.5 Å². The van der Waals surface area contributed by atoms with E-state index < -0.39 is 5.97 Å². The van der Waals surface area contributed by atoms with Gasteiger partial charge in [-0.3, -0.25) is 4.98 Å². The van der Waals surface area contributed by atoms with Crippen molar-refractivity contribution in [3.63, 3.8) is 0 Å². The number of esters is 1. The zero-order valence-electron chi connectivity index (χ0n) is 13.8. The largest absolute Gasteiger partial charge is 0.462 e. The van der Waals surface area contributed by atoms with E-state index in [1.54, 1.807) is 37.3 Å². The molecule has 3 rings (SSSR count). The Morgan fingerprint density at radius 1 is 1.24 bits per heavy atom. The normalized spacial score (nSPS) is 10.6. The molecular formula is C19H18FN3O2. The van der Waals surface area contributed by atoms with Gasteiger partial charge in [0.2, 0.25) is 0 Å². The maximum atomic E-state index is 13.9. The smallest absolute Gasteiger partial charge is 0.341 e. The molecule has 0 amide bonds. The molecule has 0 unspecified atom stereocenters. The molecule has 3 aromatic rings. The number of nitrogens with one attached hydrogen (secondary N) is 1. The molecule has 25 heavy (non-hydrogen) atoms. The summed E-state index contributed by atoms with van der Waals surface area (Å²) in [6.07, 6.45) is 1.43. The van der Waals surface area contributed by atoms with Crippen LogP contribution in [-0.4, -0.2) is 17.6 Å². The number of rotatable bonds is 5. The fraction of sp³-hybridized carbons (Fsp3) is 0.158. The van der Waals surface area contributed by atoms with Crippen LogP contribution in [0.15, 0.2) is 48.7 Å². The molecule has 0 radical (unpaired) electrons. The number of hydrogen-bond acceptors (Lipinski definition) is 5. The molecule has 0 aliphatic carbocycles. The number of benzene rings is 2. The number of anilines is 2. The molecule has 0 atom stereocenters. The van der Waals surface area contributed by atoms with Gasteiger partial charge in [0.05, 0.1) is 23.5 Å². The first-order valence-electron chi connectivity index (χ1n) is 7.93. The van der Waals surface area contributed by atoms with E-state index in [0.29, 0.717) is 27.8 Å². The maximum absolute atomic E-state index is 13.9. The van der Waals surface area contributed by atoms with Gasteiger partial charge in [-0.1, -0.05) is 30.3 Å². The number of nitrogens with zero attached hydrogens (tertiary/aromatic N) is 1. The number of halogens is 1. The van der Waals surface area contributed by atoms with Gasteiger partial charge in [0, 0.05) is 23.7 Å². The number of carbonyl (C=O) groups is 1. The molecule has 0 spiro atoms. The van der Waals surface area contributed by atoms with Crippen molar-refractivity contribution in [2.75, 3.05) is 17.7 Å². The zero-order valence-corrected chi connectivity index (χ0v) is 13.8. The summed E-state index contributed by atoms with van der Waals surface area (Å²) in [6, 6.07) is 11.8. The molecule has 5 nitrogen and oxygen atoms in total. The highest BCUT2D eigenvalue weighted by molar-refractivity contribution is 6.07. The highest BCUT2D eigenvalue weighted by Crippen LogP contribution is 2.30. The quantitative estimate of drug-likeness (QED) is 0.547. The monoisotopic (exact) mass is 339 g/mol. The molecule has 0 aliphatic heterocycles. The third kappa shape index (κ3) is 3.38. The highest BCUT2D eigenvalue weighted by Gasteiger charge is 2.17. The lowest BCUT2D eigenvalue weighted by Crippen LogP contribution is -2.12. The summed E-state index contributed by atoms with van der Waals surface area (Å²) in [6.45, 7) is 2.20. The molecule has 0 aliphatic rings. The van der Waals surface area contributed by atoms with Crippen LogP contribution >= 0.6 is 0 Å². The van der Waals surface area contributed by atoms with E-state index in [0.717, 1.165) is 0 Å². The SMILES string of the molecule is CCOC(=O)c1cnc2c(N)cccc2c1NCc1ccccc1F. The van der Waals surface area contributed by atoms with Gasteiger partial charge in [-0.05, 0) is 19.1 Å².